The molecule has 1 amide bonds. The zero-order chi connectivity index (χ0) is 18.2. The number of hydrogen-bond donors (Lipinski definition) is 1. The van der Waals surface area contributed by atoms with E-state index in [1.807, 2.05) is 12.1 Å². The van der Waals surface area contributed by atoms with Crippen molar-refractivity contribution < 1.29 is 14.3 Å². The molecule has 0 radical (unpaired) electrons. The SMILES string of the molecule is O=C(Nc1ccc2c(c1)OCO2)c1cnc(N2CCc3ccccc32)nc1. The second-order valence-corrected chi connectivity index (χ2v) is 6.32. The van der Waals surface area contributed by atoms with Crippen LogP contribution in [0.3, 0.4) is 0 Å². The minimum Gasteiger partial charge on any atom is -0.454 e. The van der Waals surface area contributed by atoms with Gasteiger partial charge in [-0.3, -0.25) is 4.79 Å². The molecule has 2 aromatic carbocycles. The fraction of sp³-hybridized carbons (Fsp3) is 0.150. The van der Waals surface area contributed by atoms with E-state index in [0.717, 1.165) is 18.7 Å². The van der Waals surface area contributed by atoms with Gasteiger partial charge in [0.05, 0.1) is 5.56 Å². The molecule has 0 aliphatic carbocycles. The first kappa shape index (κ1) is 15.6. The fourth-order valence-corrected chi connectivity index (χ4v) is 3.30. The molecular weight excluding hydrogens is 344 g/mol. The van der Waals surface area contributed by atoms with Crippen molar-refractivity contribution >= 4 is 23.2 Å². The minimum atomic E-state index is -0.276. The average molecular weight is 360 g/mol. The molecule has 0 fully saturated rings. The maximum Gasteiger partial charge on any atom is 0.258 e. The summed E-state index contributed by atoms with van der Waals surface area (Å²) in [7, 11) is 0. The van der Waals surface area contributed by atoms with Gasteiger partial charge in [-0.15, -0.1) is 0 Å². The number of benzene rings is 2. The van der Waals surface area contributed by atoms with E-state index in [2.05, 4.69) is 32.3 Å². The molecule has 3 aromatic rings. The maximum atomic E-state index is 12.5. The Hall–Kier alpha value is -3.61. The summed E-state index contributed by atoms with van der Waals surface area (Å²) in [6.07, 6.45) is 4.06. The molecule has 5 rings (SSSR count). The normalized spacial score (nSPS) is 14.1. The summed E-state index contributed by atoms with van der Waals surface area (Å²) in [4.78, 5) is 23.3. The molecule has 134 valence electrons. The number of carbonyl (C=O) groups is 1. The molecule has 7 heteroatoms. The highest BCUT2D eigenvalue weighted by atomic mass is 16.7. The van der Waals surface area contributed by atoms with Crippen LogP contribution in [0, 0.1) is 0 Å². The van der Waals surface area contributed by atoms with Crippen molar-refractivity contribution in [3.63, 3.8) is 0 Å². The molecule has 27 heavy (non-hydrogen) atoms. The van der Waals surface area contributed by atoms with Gasteiger partial charge in [0.2, 0.25) is 12.7 Å². The van der Waals surface area contributed by atoms with Crippen LogP contribution in [-0.2, 0) is 6.42 Å². The third-order valence-electron chi connectivity index (χ3n) is 4.66. The molecular formula is C20H16N4O3. The van der Waals surface area contributed by atoms with Gasteiger partial charge in [-0.05, 0) is 30.2 Å². The van der Waals surface area contributed by atoms with Gasteiger partial charge in [-0.1, -0.05) is 18.2 Å². The number of nitrogens with zero attached hydrogens (tertiary/aromatic N) is 3. The first-order valence-corrected chi connectivity index (χ1v) is 8.66. The van der Waals surface area contributed by atoms with Crippen molar-refractivity contribution in [2.75, 3.05) is 23.6 Å². The Balaban J connectivity index is 1.32. The van der Waals surface area contributed by atoms with E-state index >= 15 is 0 Å². The van der Waals surface area contributed by atoms with E-state index in [4.69, 9.17) is 9.47 Å². The smallest absolute Gasteiger partial charge is 0.258 e. The molecule has 1 aromatic heterocycles. The average Bonchev–Trinajstić information content (AvgIpc) is 3.34. The van der Waals surface area contributed by atoms with Crippen LogP contribution < -0.4 is 19.7 Å². The highest BCUT2D eigenvalue weighted by Gasteiger charge is 2.22. The van der Waals surface area contributed by atoms with Crippen molar-refractivity contribution in [1.29, 1.82) is 0 Å². The standard InChI is InChI=1S/C20H16N4O3/c25-19(23-15-5-6-17-18(9-15)27-12-26-17)14-10-21-20(22-11-14)24-8-7-13-3-1-2-4-16(13)24/h1-6,9-11H,7-8,12H2,(H,23,25). The minimum absolute atomic E-state index is 0.196. The molecule has 2 aliphatic heterocycles. The van der Waals surface area contributed by atoms with E-state index in [9.17, 15) is 4.79 Å². The molecule has 3 heterocycles. The predicted molar refractivity (Wildman–Crippen MR) is 99.7 cm³/mol. The van der Waals surface area contributed by atoms with E-state index in [1.165, 1.54) is 5.56 Å². The molecule has 0 saturated heterocycles. The Bertz CT molecular complexity index is 1020. The van der Waals surface area contributed by atoms with Crippen LogP contribution in [0.25, 0.3) is 0 Å². The molecule has 1 N–H and O–H groups in total. The zero-order valence-corrected chi connectivity index (χ0v) is 14.4. The lowest BCUT2D eigenvalue weighted by molar-refractivity contribution is 0.102. The Kier molecular flexibility index (Phi) is 3.64. The van der Waals surface area contributed by atoms with Crippen LogP contribution in [0.2, 0.25) is 0 Å². The predicted octanol–water partition coefficient (Wildman–Crippen LogP) is 3.15. The molecule has 7 nitrogen and oxygen atoms in total. The van der Waals surface area contributed by atoms with Gasteiger partial charge in [-0.25, -0.2) is 9.97 Å². The van der Waals surface area contributed by atoms with Gasteiger partial charge >= 0.3 is 0 Å². The van der Waals surface area contributed by atoms with Gasteiger partial charge in [0.15, 0.2) is 11.5 Å². The highest BCUT2D eigenvalue weighted by molar-refractivity contribution is 6.04. The number of rotatable bonds is 3. The van der Waals surface area contributed by atoms with E-state index < -0.39 is 0 Å². The van der Waals surface area contributed by atoms with Crippen LogP contribution in [0.15, 0.2) is 54.9 Å². The van der Waals surface area contributed by atoms with Crippen LogP contribution >= 0.6 is 0 Å². The van der Waals surface area contributed by atoms with Crippen molar-refractivity contribution in [3.05, 3.63) is 66.0 Å². The van der Waals surface area contributed by atoms with Crippen LogP contribution in [0.5, 0.6) is 11.5 Å². The molecule has 0 atom stereocenters. The molecule has 0 saturated carbocycles. The molecule has 0 spiro atoms. The Labute approximate surface area is 155 Å². The number of para-hydroxylation sites is 1. The zero-order valence-electron chi connectivity index (χ0n) is 14.4. The largest absolute Gasteiger partial charge is 0.454 e. The number of nitrogens with one attached hydrogen (secondary N) is 1. The van der Waals surface area contributed by atoms with Gasteiger partial charge in [0, 0.05) is 36.4 Å². The molecule has 0 unspecified atom stereocenters. The van der Waals surface area contributed by atoms with E-state index in [1.54, 1.807) is 30.6 Å². The number of fused-ring (bicyclic) bond motifs is 2. The number of aromatic nitrogens is 2. The number of hydrogen-bond acceptors (Lipinski definition) is 6. The molecule has 2 aliphatic rings. The summed E-state index contributed by atoms with van der Waals surface area (Å²) in [5.74, 6) is 1.61. The maximum absolute atomic E-state index is 12.5. The van der Waals surface area contributed by atoms with E-state index in [-0.39, 0.29) is 12.7 Å². The number of amides is 1. The monoisotopic (exact) mass is 360 g/mol. The third kappa shape index (κ3) is 2.83. The second kappa shape index (κ2) is 6.28. The first-order valence-electron chi connectivity index (χ1n) is 8.66. The van der Waals surface area contributed by atoms with Crippen molar-refractivity contribution in [1.82, 2.24) is 9.97 Å². The van der Waals surface area contributed by atoms with Crippen LogP contribution in [-0.4, -0.2) is 29.2 Å². The lowest BCUT2D eigenvalue weighted by Gasteiger charge is -2.16. The Morgan fingerprint density at radius 2 is 1.85 bits per heavy atom. The topological polar surface area (TPSA) is 76.6 Å². The van der Waals surface area contributed by atoms with Crippen molar-refractivity contribution in [2.45, 2.75) is 6.42 Å². The van der Waals surface area contributed by atoms with Crippen molar-refractivity contribution in [3.8, 4) is 11.5 Å². The van der Waals surface area contributed by atoms with Crippen LogP contribution in [0.1, 0.15) is 15.9 Å². The van der Waals surface area contributed by atoms with Crippen molar-refractivity contribution in [2.24, 2.45) is 0 Å². The summed E-state index contributed by atoms with van der Waals surface area (Å²) in [6, 6.07) is 13.5. The number of carbonyl (C=O) groups excluding carboxylic acids is 1. The first-order chi connectivity index (χ1) is 13.3. The third-order valence-corrected chi connectivity index (χ3v) is 4.66. The van der Waals surface area contributed by atoms with Gasteiger partial charge in [-0.2, -0.15) is 0 Å². The molecule has 0 bridgehead atoms. The van der Waals surface area contributed by atoms with Crippen LogP contribution in [0.4, 0.5) is 17.3 Å². The van der Waals surface area contributed by atoms with Gasteiger partial charge in [0.1, 0.15) is 0 Å². The number of anilines is 3. The Morgan fingerprint density at radius 3 is 2.74 bits per heavy atom. The summed E-state index contributed by atoms with van der Waals surface area (Å²) in [6.45, 7) is 1.03. The lowest BCUT2D eigenvalue weighted by Crippen LogP contribution is -2.18. The summed E-state index contributed by atoms with van der Waals surface area (Å²) < 4.78 is 10.6. The van der Waals surface area contributed by atoms with Gasteiger partial charge in [0.25, 0.3) is 5.91 Å². The second-order valence-electron chi connectivity index (χ2n) is 6.32. The summed E-state index contributed by atoms with van der Waals surface area (Å²) in [5.41, 5.74) is 3.42. The Morgan fingerprint density at radius 1 is 1.04 bits per heavy atom. The number of ether oxygens (including phenoxy) is 2. The fourth-order valence-electron chi connectivity index (χ4n) is 3.30. The summed E-state index contributed by atoms with van der Waals surface area (Å²) >= 11 is 0. The van der Waals surface area contributed by atoms with E-state index in [0.29, 0.717) is 28.7 Å². The quantitative estimate of drug-likeness (QED) is 0.773. The summed E-state index contributed by atoms with van der Waals surface area (Å²) in [5, 5.41) is 2.82. The highest BCUT2D eigenvalue weighted by Crippen LogP contribution is 2.34. The van der Waals surface area contributed by atoms with Gasteiger partial charge < -0.3 is 19.7 Å². The lowest BCUT2D eigenvalue weighted by atomic mass is 10.2.